The van der Waals surface area contributed by atoms with Crippen LogP contribution in [-0.2, 0) is 11.3 Å². The Labute approximate surface area is 242 Å². The number of aliphatic carboxylic acids is 1. The highest BCUT2D eigenvalue weighted by atomic mass is 19.4. The van der Waals surface area contributed by atoms with Gasteiger partial charge >= 0.3 is 12.1 Å². The number of nitrogens with two attached hydrogens (primary N) is 1. The van der Waals surface area contributed by atoms with E-state index in [2.05, 4.69) is 20.2 Å². The number of carbonyl (C=O) groups is 1. The molecular formula is C30H35F3N6O3. The van der Waals surface area contributed by atoms with Gasteiger partial charge in [-0.05, 0) is 55.5 Å². The van der Waals surface area contributed by atoms with Crippen molar-refractivity contribution in [3.8, 4) is 17.0 Å². The molecule has 12 heteroatoms. The summed E-state index contributed by atoms with van der Waals surface area (Å²) in [6.07, 6.45) is -4.97. The van der Waals surface area contributed by atoms with Gasteiger partial charge in [0.15, 0.2) is 0 Å². The van der Waals surface area contributed by atoms with Crippen LogP contribution in [0.25, 0.3) is 11.1 Å². The van der Waals surface area contributed by atoms with Gasteiger partial charge in [0, 0.05) is 37.8 Å². The van der Waals surface area contributed by atoms with Crippen LogP contribution in [0.2, 0.25) is 0 Å². The van der Waals surface area contributed by atoms with Crippen molar-refractivity contribution in [1.82, 2.24) is 20.2 Å². The maximum Gasteiger partial charge on any atom is 0.429 e. The summed E-state index contributed by atoms with van der Waals surface area (Å²) in [5.41, 5.74) is 8.54. The topological polar surface area (TPSA) is 117 Å². The second-order valence-corrected chi connectivity index (χ2v) is 11.5. The number of anilines is 2. The number of alkyl halides is 3. The average Bonchev–Trinajstić information content (AvgIpc) is 3.35. The zero-order valence-corrected chi connectivity index (χ0v) is 23.6. The third-order valence-corrected chi connectivity index (χ3v) is 8.05. The van der Waals surface area contributed by atoms with E-state index in [1.807, 2.05) is 43.3 Å². The van der Waals surface area contributed by atoms with E-state index in [9.17, 15) is 23.1 Å². The molecule has 2 saturated heterocycles. The molecule has 0 amide bonds. The third kappa shape index (κ3) is 6.76. The summed E-state index contributed by atoms with van der Waals surface area (Å²) in [6, 6.07) is 14.8. The van der Waals surface area contributed by atoms with Gasteiger partial charge in [0.1, 0.15) is 11.9 Å². The van der Waals surface area contributed by atoms with Crippen LogP contribution < -0.4 is 20.7 Å². The number of nitrogen functional groups attached to an aromatic ring is 1. The van der Waals surface area contributed by atoms with E-state index in [0.29, 0.717) is 31.9 Å². The van der Waals surface area contributed by atoms with E-state index >= 15 is 0 Å². The number of ether oxygens (including phenoxy) is 1. The molecule has 0 bridgehead atoms. The van der Waals surface area contributed by atoms with Crippen molar-refractivity contribution in [2.45, 2.75) is 44.1 Å². The van der Waals surface area contributed by atoms with Crippen LogP contribution >= 0.6 is 0 Å². The summed E-state index contributed by atoms with van der Waals surface area (Å²) in [4.78, 5) is 23.5. The second-order valence-electron chi connectivity index (χ2n) is 11.5. The maximum absolute atomic E-state index is 14.2. The minimum Gasteiger partial charge on any atom is -0.480 e. The van der Waals surface area contributed by atoms with Gasteiger partial charge in [-0.15, -0.1) is 0 Å². The molecule has 2 aliphatic heterocycles. The van der Waals surface area contributed by atoms with E-state index < -0.39 is 24.3 Å². The van der Waals surface area contributed by atoms with Gasteiger partial charge in [-0.3, -0.25) is 4.79 Å². The number of aromatic nitrogens is 2. The second kappa shape index (κ2) is 11.8. The summed E-state index contributed by atoms with van der Waals surface area (Å²) >= 11 is 0. The SMILES string of the molecule is CN(C)Cc1ccc(-c2ccc(C(Oc3cc(N4CCC5(CC4)CN[C@H](C(=O)O)C5)nc(N)n3)C(F)(F)F)cc2)cc1. The minimum atomic E-state index is -4.71. The lowest BCUT2D eigenvalue weighted by atomic mass is 9.76. The summed E-state index contributed by atoms with van der Waals surface area (Å²) in [6.45, 7) is 2.53. The normalized spacial score (nSPS) is 19.3. The van der Waals surface area contributed by atoms with Crippen molar-refractivity contribution < 1.29 is 27.8 Å². The van der Waals surface area contributed by atoms with Crippen molar-refractivity contribution in [3.05, 3.63) is 65.7 Å². The predicted octanol–water partition coefficient (Wildman–Crippen LogP) is 4.50. The molecule has 2 aromatic carbocycles. The van der Waals surface area contributed by atoms with Crippen LogP contribution in [0.1, 0.15) is 36.5 Å². The van der Waals surface area contributed by atoms with Gasteiger partial charge in [-0.25, -0.2) is 0 Å². The lowest BCUT2D eigenvalue weighted by molar-refractivity contribution is -0.198. The number of halogens is 3. The number of nitrogens with zero attached hydrogens (tertiary/aromatic N) is 4. The van der Waals surface area contributed by atoms with Crippen molar-refractivity contribution in [1.29, 1.82) is 0 Å². The molecule has 0 saturated carbocycles. The van der Waals surface area contributed by atoms with Crippen LogP contribution in [0.3, 0.4) is 0 Å². The number of benzene rings is 2. The molecule has 4 N–H and O–H groups in total. The first-order chi connectivity index (χ1) is 19.9. The van der Waals surface area contributed by atoms with E-state index in [0.717, 1.165) is 36.1 Å². The Balaban J connectivity index is 1.30. The molecule has 2 atom stereocenters. The molecule has 1 aromatic heterocycles. The Morgan fingerprint density at radius 2 is 1.74 bits per heavy atom. The summed E-state index contributed by atoms with van der Waals surface area (Å²) in [5.74, 6) is -0.940. The Hall–Kier alpha value is -3.90. The number of carboxylic acid groups (broad SMARTS) is 1. The van der Waals surface area contributed by atoms with Gasteiger partial charge in [0.25, 0.3) is 0 Å². The van der Waals surface area contributed by atoms with Crippen molar-refractivity contribution >= 4 is 17.7 Å². The summed E-state index contributed by atoms with van der Waals surface area (Å²) < 4.78 is 48.1. The van der Waals surface area contributed by atoms with E-state index in [4.69, 9.17) is 10.5 Å². The van der Waals surface area contributed by atoms with Crippen molar-refractivity contribution in [3.63, 3.8) is 0 Å². The number of carboxylic acids is 1. The van der Waals surface area contributed by atoms with E-state index in [1.54, 1.807) is 12.1 Å². The zero-order chi connectivity index (χ0) is 30.1. The molecule has 9 nitrogen and oxygen atoms in total. The smallest absolute Gasteiger partial charge is 0.429 e. The number of hydrogen-bond acceptors (Lipinski definition) is 8. The first-order valence-electron chi connectivity index (χ1n) is 13.8. The lowest BCUT2D eigenvalue weighted by Gasteiger charge is -2.39. The van der Waals surface area contributed by atoms with Crippen LogP contribution in [-0.4, -0.2) is 71.9 Å². The molecule has 1 unspecified atom stereocenters. The lowest BCUT2D eigenvalue weighted by Crippen LogP contribution is -2.41. The molecule has 42 heavy (non-hydrogen) atoms. The van der Waals surface area contributed by atoms with Crippen LogP contribution in [0.15, 0.2) is 54.6 Å². The molecule has 224 valence electrons. The quantitative estimate of drug-likeness (QED) is 0.352. The van der Waals surface area contributed by atoms with Gasteiger partial charge in [0.05, 0.1) is 0 Å². The molecule has 2 aliphatic rings. The van der Waals surface area contributed by atoms with Gasteiger partial charge in [-0.1, -0.05) is 48.5 Å². The number of rotatable bonds is 8. The Morgan fingerprint density at radius 1 is 1.12 bits per heavy atom. The van der Waals surface area contributed by atoms with Gasteiger partial charge < -0.3 is 30.7 Å². The van der Waals surface area contributed by atoms with Crippen molar-refractivity contribution in [2.75, 3.05) is 44.4 Å². The molecular weight excluding hydrogens is 549 g/mol. The number of hydrogen-bond donors (Lipinski definition) is 3. The number of nitrogens with one attached hydrogen (secondary N) is 1. The fraction of sp³-hybridized carbons (Fsp3) is 0.433. The van der Waals surface area contributed by atoms with Crippen LogP contribution in [0.4, 0.5) is 24.9 Å². The molecule has 3 aromatic rings. The Kier molecular flexibility index (Phi) is 8.29. The first-order valence-corrected chi connectivity index (χ1v) is 13.8. The first kappa shape index (κ1) is 29.6. The molecule has 0 radical (unpaired) electrons. The molecule has 2 fully saturated rings. The highest BCUT2D eigenvalue weighted by Gasteiger charge is 2.45. The fourth-order valence-corrected chi connectivity index (χ4v) is 5.80. The van der Waals surface area contributed by atoms with Gasteiger partial charge in [-0.2, -0.15) is 23.1 Å². The largest absolute Gasteiger partial charge is 0.480 e. The third-order valence-electron chi connectivity index (χ3n) is 8.05. The summed E-state index contributed by atoms with van der Waals surface area (Å²) in [5, 5.41) is 12.4. The fourth-order valence-electron chi connectivity index (χ4n) is 5.80. The van der Waals surface area contributed by atoms with Gasteiger partial charge in [0.2, 0.25) is 17.9 Å². The molecule has 3 heterocycles. The minimum absolute atomic E-state index is 0.0594. The molecule has 0 aliphatic carbocycles. The van der Waals surface area contributed by atoms with E-state index in [-0.39, 0.29) is 22.8 Å². The summed E-state index contributed by atoms with van der Waals surface area (Å²) in [7, 11) is 3.97. The molecule has 5 rings (SSSR count). The highest BCUT2D eigenvalue weighted by Crippen LogP contribution is 2.41. The Bertz CT molecular complexity index is 1390. The van der Waals surface area contributed by atoms with E-state index in [1.165, 1.54) is 18.2 Å². The number of piperidine rings is 1. The zero-order valence-electron chi connectivity index (χ0n) is 23.6. The molecule has 1 spiro atoms. The monoisotopic (exact) mass is 584 g/mol. The predicted molar refractivity (Wildman–Crippen MR) is 153 cm³/mol. The highest BCUT2D eigenvalue weighted by molar-refractivity contribution is 5.74. The Morgan fingerprint density at radius 3 is 2.29 bits per heavy atom. The average molecular weight is 585 g/mol. The van der Waals surface area contributed by atoms with Crippen molar-refractivity contribution in [2.24, 2.45) is 5.41 Å². The van der Waals surface area contributed by atoms with Crippen LogP contribution in [0.5, 0.6) is 5.88 Å². The maximum atomic E-state index is 14.2. The van der Waals surface area contributed by atoms with Crippen LogP contribution in [0, 0.1) is 5.41 Å². The standard InChI is InChI=1S/C30H35F3N6O3/c1-38(2)17-19-3-5-20(6-4-19)21-7-9-22(10-8-21)26(30(31,32)33)42-25-15-24(36-28(34)37-25)39-13-11-29(12-14-39)16-23(27(40)41)35-18-29/h3-10,15,23,26,35H,11-14,16-18H2,1-2H3,(H,40,41)(H2,34,36,37)/t23-,26?/m0/s1.